The average molecular weight is 352 g/mol. The predicted octanol–water partition coefficient (Wildman–Crippen LogP) is 6.95. The minimum absolute atomic E-state index is 0.0315. The van der Waals surface area contributed by atoms with Crippen LogP contribution in [-0.2, 0) is 0 Å². The lowest BCUT2D eigenvalue weighted by molar-refractivity contribution is 0.564. The van der Waals surface area contributed by atoms with Crippen molar-refractivity contribution < 1.29 is 19.5 Å². The van der Waals surface area contributed by atoms with Crippen LogP contribution in [0.3, 0.4) is 0 Å². The molecule has 25 heavy (non-hydrogen) atoms. The van der Waals surface area contributed by atoms with Gasteiger partial charge in [0.25, 0.3) is 0 Å². The maximum absolute atomic E-state index is 8.87. The number of hydrogen-bond donors (Lipinski definition) is 0. The molecule has 0 saturated carbocycles. The Hall–Kier alpha value is -2.58. The van der Waals surface area contributed by atoms with Crippen LogP contribution in [0.15, 0.2) is 66.5 Å². The molecule has 122 valence electrons. The molecule has 0 heterocycles. The molecule has 0 atom stereocenters. The fourth-order valence-corrected chi connectivity index (χ4v) is 3.84. The normalized spacial score (nSPS) is 18.8. The topological polar surface area (TPSA) is 9.23 Å². The minimum atomic E-state index is -2.39. The molecule has 0 saturated heterocycles. The molecule has 0 aromatic heterocycles. The highest BCUT2D eigenvalue weighted by molar-refractivity contribution is 6.70. The van der Waals surface area contributed by atoms with Crippen molar-refractivity contribution in [3.8, 4) is 5.75 Å². The van der Waals surface area contributed by atoms with Crippen LogP contribution >= 0.6 is 0 Å². The van der Waals surface area contributed by atoms with Gasteiger partial charge in [-0.15, -0.1) is 0 Å². The molecule has 0 fully saturated rings. The summed E-state index contributed by atoms with van der Waals surface area (Å²) >= 11 is 0. The molecule has 0 aliphatic carbocycles. The summed E-state index contributed by atoms with van der Waals surface area (Å²) in [6.45, 7) is 5.59. The number of fused-ring (bicyclic) bond motifs is 2. The van der Waals surface area contributed by atoms with Gasteiger partial charge in [0.05, 0.1) is 15.1 Å². The van der Waals surface area contributed by atoms with Gasteiger partial charge in [-0.05, 0) is 64.0 Å². The molecule has 0 N–H and O–H groups in total. The van der Waals surface area contributed by atoms with E-state index in [0.29, 0.717) is 0 Å². The summed E-state index contributed by atoms with van der Waals surface area (Å²) in [6, 6.07) is -4.90. The van der Waals surface area contributed by atoms with Crippen molar-refractivity contribution in [1.29, 1.82) is 0 Å². The van der Waals surface area contributed by atoms with Gasteiger partial charge in [0.2, 0.25) is 8.32 Å². The van der Waals surface area contributed by atoms with E-state index >= 15 is 0 Å². The first-order valence-corrected chi connectivity index (χ1v) is 11.3. The second-order valence-electron chi connectivity index (χ2n) is 6.92. The molecule has 0 bridgehead atoms. The van der Waals surface area contributed by atoms with Crippen molar-refractivity contribution >= 4 is 51.4 Å². The summed E-state index contributed by atoms with van der Waals surface area (Å²) in [7, 11) is -2.39. The van der Waals surface area contributed by atoms with Crippen LogP contribution in [0.5, 0.6) is 5.75 Å². The van der Waals surface area contributed by atoms with Gasteiger partial charge in [0.1, 0.15) is 5.75 Å². The molecule has 0 amide bonds. The smallest absolute Gasteiger partial charge is 0.242 e. The Morgan fingerprint density at radius 3 is 2.20 bits per heavy atom. The molecule has 0 radical (unpaired) electrons. The Morgan fingerprint density at radius 1 is 0.680 bits per heavy atom. The van der Waals surface area contributed by atoms with Gasteiger partial charge in [-0.1, -0.05) is 54.4 Å². The SMILES string of the molecule is [2H]c1c([2H])c([2H])c2c(c1[2H])c([2H])c1c([2H])c([2H])c3c(O[Si](C)(C)C)c([2H])c([2H])c4c([2H])c([2H])c2c1c43. The monoisotopic (exact) mass is 351 g/mol. The van der Waals surface area contributed by atoms with Crippen LogP contribution in [0.1, 0.15) is 15.1 Å². The van der Waals surface area contributed by atoms with E-state index < -0.39 is 56.7 Å². The third kappa shape index (κ3) is 2.21. The van der Waals surface area contributed by atoms with Crippen molar-refractivity contribution in [2.24, 2.45) is 0 Å². The quantitative estimate of drug-likeness (QED) is 0.190. The highest BCUT2D eigenvalue weighted by atomic mass is 28.4. The maximum atomic E-state index is 8.87. The summed E-state index contributed by atoms with van der Waals surface area (Å²) < 4.78 is 101. The Morgan fingerprint density at radius 2 is 1.36 bits per heavy atom. The Bertz CT molecular complexity index is 1810. The van der Waals surface area contributed by atoms with Gasteiger partial charge in [0, 0.05) is 10.8 Å². The summed E-state index contributed by atoms with van der Waals surface area (Å²) in [5.74, 6) is -0.0629. The van der Waals surface area contributed by atoms with E-state index in [9.17, 15) is 0 Å². The number of hydrogen-bond acceptors (Lipinski definition) is 1. The maximum Gasteiger partial charge on any atom is 0.242 e. The zero-order valence-corrected chi connectivity index (χ0v) is 14.9. The van der Waals surface area contributed by atoms with Crippen LogP contribution in [0.25, 0.3) is 43.1 Å². The molecule has 0 spiro atoms. The summed E-state index contributed by atoms with van der Waals surface area (Å²) in [5.41, 5.74) is 0. The highest BCUT2D eigenvalue weighted by Crippen LogP contribution is 2.41. The van der Waals surface area contributed by atoms with Crippen molar-refractivity contribution in [2.45, 2.75) is 19.6 Å². The van der Waals surface area contributed by atoms with Gasteiger partial charge < -0.3 is 4.43 Å². The Kier molecular flexibility index (Phi) is 1.46. The third-order valence-electron chi connectivity index (χ3n) is 4.00. The van der Waals surface area contributed by atoms with Gasteiger partial charge >= 0.3 is 0 Å². The van der Waals surface area contributed by atoms with E-state index in [1.54, 1.807) is 0 Å². The zero-order chi connectivity index (χ0) is 26.8. The van der Waals surface area contributed by atoms with Crippen LogP contribution in [0.2, 0.25) is 19.6 Å². The van der Waals surface area contributed by atoms with E-state index in [1.165, 1.54) is 0 Å². The highest BCUT2D eigenvalue weighted by Gasteiger charge is 2.19. The largest absolute Gasteiger partial charge is 0.544 e. The van der Waals surface area contributed by atoms with Gasteiger partial charge in [-0.25, -0.2) is 0 Å². The molecular formula is C23H20OSi. The van der Waals surface area contributed by atoms with Gasteiger partial charge in [0.15, 0.2) is 0 Å². The predicted molar refractivity (Wildman–Crippen MR) is 112 cm³/mol. The molecule has 2 heteroatoms. The van der Waals surface area contributed by atoms with E-state index in [-0.39, 0.29) is 67.0 Å². The van der Waals surface area contributed by atoms with Gasteiger partial charge in [-0.3, -0.25) is 0 Å². The van der Waals surface area contributed by atoms with Crippen LogP contribution in [-0.4, -0.2) is 8.32 Å². The van der Waals surface area contributed by atoms with Crippen molar-refractivity contribution in [2.75, 3.05) is 0 Å². The van der Waals surface area contributed by atoms with Crippen molar-refractivity contribution in [3.63, 3.8) is 0 Å². The lowest BCUT2D eigenvalue weighted by Gasteiger charge is -2.22. The fraction of sp³-hybridized carbons (Fsp3) is 0.130. The second kappa shape index (κ2) is 4.96. The van der Waals surface area contributed by atoms with Crippen molar-refractivity contribution in [3.05, 3.63) is 66.5 Å². The van der Waals surface area contributed by atoms with Crippen LogP contribution in [0, 0.1) is 0 Å². The van der Waals surface area contributed by atoms with E-state index in [4.69, 9.17) is 19.5 Å². The molecule has 5 rings (SSSR count). The first-order valence-electron chi connectivity index (χ1n) is 13.4. The summed E-state index contributed by atoms with van der Waals surface area (Å²) in [6.07, 6.45) is 0. The minimum Gasteiger partial charge on any atom is -0.544 e. The molecule has 0 unspecified atom stereocenters. The molecule has 1 nitrogen and oxygen atoms in total. The summed E-state index contributed by atoms with van der Waals surface area (Å²) in [5, 5.41) is -0.301. The average Bonchev–Trinajstić information content (AvgIpc) is 2.79. The first kappa shape index (κ1) is 7.34. The fourth-order valence-electron chi connectivity index (χ4n) is 3.08. The zero-order valence-electron chi connectivity index (χ0n) is 24.9. The Labute approximate surface area is 163 Å². The number of benzene rings is 5. The molecule has 5 aromatic carbocycles. The van der Waals surface area contributed by atoms with Gasteiger partial charge in [-0.2, -0.15) is 0 Å². The molecule has 0 aliphatic heterocycles. The van der Waals surface area contributed by atoms with E-state index in [1.807, 2.05) is 19.6 Å². The van der Waals surface area contributed by atoms with Crippen LogP contribution in [0.4, 0.5) is 0 Å². The molecule has 5 aromatic rings. The van der Waals surface area contributed by atoms with Crippen LogP contribution < -0.4 is 4.43 Å². The standard InChI is InChI=1S/C23H20OSi/c1-25(2,3)24-21-13-10-15-8-11-19-18-7-5-4-6-16(18)14-17-9-12-20(21)22(15)23(17)19/h4-14H,1-3H3/i4D,5D,6D,7D,8D,9D,10D,11D,12D,13D,14D. The van der Waals surface area contributed by atoms with E-state index in [2.05, 4.69) is 0 Å². The molecule has 0 aliphatic rings. The number of rotatable bonds is 2. The lowest BCUT2D eigenvalue weighted by Crippen LogP contribution is -2.29. The third-order valence-corrected chi connectivity index (χ3v) is 4.82. The van der Waals surface area contributed by atoms with Crippen molar-refractivity contribution in [1.82, 2.24) is 0 Å². The second-order valence-corrected chi connectivity index (χ2v) is 11.3. The first-order chi connectivity index (χ1) is 16.6. The lowest BCUT2D eigenvalue weighted by atomic mass is 9.91. The molecular weight excluding hydrogens is 320 g/mol. The van der Waals surface area contributed by atoms with E-state index in [0.717, 1.165) is 0 Å². The summed E-state index contributed by atoms with van der Waals surface area (Å²) in [4.78, 5) is 0. The Balaban J connectivity index is 2.29.